The third-order valence-electron chi connectivity index (χ3n) is 13.2. The summed E-state index contributed by atoms with van der Waals surface area (Å²) in [6, 6.07) is 0. The van der Waals surface area contributed by atoms with Crippen LogP contribution in [-0.4, -0.2) is 5.29 Å². The number of hydrogen-bond acceptors (Lipinski definition) is 0. The van der Waals surface area contributed by atoms with Crippen LogP contribution < -0.4 is 0 Å². The zero-order valence-corrected chi connectivity index (χ0v) is 22.2. The second-order valence-corrected chi connectivity index (χ2v) is 15.3. The van der Waals surface area contributed by atoms with Gasteiger partial charge in [0.2, 0.25) is 0 Å². The van der Waals surface area contributed by atoms with Crippen molar-refractivity contribution in [3.8, 4) is 0 Å². The van der Waals surface area contributed by atoms with Crippen molar-refractivity contribution in [2.24, 2.45) is 56.7 Å². The molecule has 0 aromatic heterocycles. The molecule has 1 heteroatoms. The van der Waals surface area contributed by atoms with E-state index in [4.69, 9.17) is 0 Å². The summed E-state index contributed by atoms with van der Waals surface area (Å²) in [5.74, 6) is 4.56. The molecule has 0 aromatic rings. The lowest BCUT2D eigenvalue weighted by molar-refractivity contribution is -0.234. The molecule has 0 saturated heterocycles. The van der Waals surface area contributed by atoms with Crippen molar-refractivity contribution in [1.82, 2.24) is 0 Å². The SMILES string of the molecule is CC(=P)[C@@H]1CCC2(C)CC[C@]3(C)C(CCC4C5(C)CCCC(C)(C)C5CCC43C)C12. The van der Waals surface area contributed by atoms with Gasteiger partial charge in [0, 0.05) is 0 Å². The van der Waals surface area contributed by atoms with E-state index in [0.29, 0.717) is 27.1 Å². The Balaban J connectivity index is 1.55. The molecule has 5 aliphatic carbocycles. The highest BCUT2D eigenvalue weighted by atomic mass is 31.0. The molecule has 170 valence electrons. The van der Waals surface area contributed by atoms with Gasteiger partial charge >= 0.3 is 0 Å². The van der Waals surface area contributed by atoms with Crippen LogP contribution in [0.2, 0.25) is 0 Å². The average Bonchev–Trinajstić information content (AvgIpc) is 2.99. The molecule has 0 nitrogen and oxygen atoms in total. The van der Waals surface area contributed by atoms with Crippen LogP contribution in [0.15, 0.2) is 0 Å². The van der Waals surface area contributed by atoms with Crippen molar-refractivity contribution in [1.29, 1.82) is 0 Å². The third-order valence-corrected chi connectivity index (χ3v) is 13.5. The van der Waals surface area contributed by atoms with E-state index in [-0.39, 0.29) is 0 Å². The Morgan fingerprint density at radius 1 is 0.700 bits per heavy atom. The van der Waals surface area contributed by atoms with Gasteiger partial charge in [-0.3, -0.25) is 0 Å². The molecule has 5 saturated carbocycles. The van der Waals surface area contributed by atoms with Gasteiger partial charge in [-0.05, 0) is 133 Å². The van der Waals surface area contributed by atoms with Gasteiger partial charge in [0.25, 0.3) is 0 Å². The van der Waals surface area contributed by atoms with Crippen molar-refractivity contribution < 1.29 is 0 Å². The van der Waals surface area contributed by atoms with E-state index in [2.05, 4.69) is 57.3 Å². The smallest absolute Gasteiger partial charge is 0.0129 e. The van der Waals surface area contributed by atoms with Crippen LogP contribution in [-0.2, 0) is 0 Å². The molecule has 30 heavy (non-hydrogen) atoms. The summed E-state index contributed by atoms with van der Waals surface area (Å²) in [5.41, 5.74) is 2.81. The van der Waals surface area contributed by atoms with Crippen LogP contribution in [0.4, 0.5) is 0 Å². The first kappa shape index (κ1) is 22.0. The molecule has 0 heterocycles. The molecule has 0 aliphatic heterocycles. The molecule has 0 bridgehead atoms. The summed E-state index contributed by atoms with van der Waals surface area (Å²) in [4.78, 5) is 0. The Hall–Kier alpha value is 0.170. The summed E-state index contributed by atoms with van der Waals surface area (Å²) in [6.07, 6.45) is 16.3. The van der Waals surface area contributed by atoms with Gasteiger partial charge in [-0.15, -0.1) is 8.86 Å². The topological polar surface area (TPSA) is 0 Å². The Kier molecular flexibility index (Phi) is 4.85. The summed E-state index contributed by atoms with van der Waals surface area (Å²) in [7, 11) is 4.04. The van der Waals surface area contributed by atoms with Crippen molar-refractivity contribution >= 4 is 14.2 Å². The highest BCUT2D eigenvalue weighted by Gasteiger charge is 2.69. The fraction of sp³-hybridized carbons (Fsp3) is 0.966. The average molecular weight is 429 g/mol. The largest absolute Gasteiger partial charge is 0.123 e. The van der Waals surface area contributed by atoms with Gasteiger partial charge < -0.3 is 0 Å². The molecule has 0 N–H and O–H groups in total. The van der Waals surface area contributed by atoms with Crippen LogP contribution in [0.1, 0.15) is 119 Å². The number of hydrogen-bond donors (Lipinski definition) is 0. The lowest BCUT2D eigenvalue weighted by Crippen LogP contribution is -2.65. The maximum Gasteiger partial charge on any atom is -0.0129 e. The molecule has 7 unspecified atom stereocenters. The van der Waals surface area contributed by atoms with Crippen molar-refractivity contribution in [2.75, 3.05) is 0 Å². The van der Waals surface area contributed by atoms with Gasteiger partial charge in [-0.25, -0.2) is 0 Å². The number of rotatable bonds is 1. The molecule has 5 fully saturated rings. The fourth-order valence-electron chi connectivity index (χ4n) is 11.5. The van der Waals surface area contributed by atoms with E-state index in [1.807, 2.05) is 0 Å². The summed E-state index contributed by atoms with van der Waals surface area (Å²) < 4.78 is 0. The van der Waals surface area contributed by atoms with Crippen molar-refractivity contribution in [2.45, 2.75) is 119 Å². The van der Waals surface area contributed by atoms with Gasteiger partial charge in [0.15, 0.2) is 0 Å². The lowest BCUT2D eigenvalue weighted by Gasteiger charge is -2.72. The first-order valence-electron chi connectivity index (χ1n) is 13.4. The van der Waals surface area contributed by atoms with E-state index < -0.39 is 0 Å². The molecule has 9 atom stereocenters. The summed E-state index contributed by atoms with van der Waals surface area (Å²) in [6.45, 7) is 18.6. The van der Waals surface area contributed by atoms with E-state index in [9.17, 15) is 0 Å². The molecule has 0 radical (unpaired) electrons. The fourth-order valence-corrected chi connectivity index (χ4v) is 11.8. The third kappa shape index (κ3) is 2.62. The summed E-state index contributed by atoms with van der Waals surface area (Å²) in [5, 5.41) is 1.55. The minimum Gasteiger partial charge on any atom is -0.123 e. The Bertz CT molecular complexity index is 737. The predicted octanol–water partition coefficient (Wildman–Crippen LogP) is 8.81. The lowest BCUT2D eigenvalue weighted by atomic mass is 9.32. The molecule has 0 spiro atoms. The van der Waals surface area contributed by atoms with Gasteiger partial charge in [-0.1, -0.05) is 48.0 Å². The second kappa shape index (κ2) is 6.61. The van der Waals surface area contributed by atoms with Gasteiger partial charge in [-0.2, -0.15) is 0 Å². The van der Waals surface area contributed by atoms with E-state index in [0.717, 1.165) is 29.6 Å². The van der Waals surface area contributed by atoms with Crippen LogP contribution in [0.3, 0.4) is 0 Å². The molecule has 5 aliphatic rings. The monoisotopic (exact) mass is 428 g/mol. The van der Waals surface area contributed by atoms with Gasteiger partial charge in [0.1, 0.15) is 0 Å². The van der Waals surface area contributed by atoms with E-state index in [1.165, 1.54) is 70.6 Å². The first-order chi connectivity index (χ1) is 13.9. The summed E-state index contributed by atoms with van der Waals surface area (Å²) >= 11 is 0. The quantitative estimate of drug-likeness (QED) is 0.366. The van der Waals surface area contributed by atoms with E-state index >= 15 is 0 Å². The zero-order chi connectivity index (χ0) is 21.7. The Morgan fingerprint density at radius 2 is 1.43 bits per heavy atom. The normalized spacial score (nSPS) is 57.0. The molecular formula is C29H49P. The highest BCUT2D eigenvalue weighted by molar-refractivity contribution is 7.21. The molecule has 0 amide bonds. The predicted molar refractivity (Wildman–Crippen MR) is 133 cm³/mol. The van der Waals surface area contributed by atoms with Crippen LogP contribution in [0.25, 0.3) is 0 Å². The van der Waals surface area contributed by atoms with Crippen LogP contribution >= 0.6 is 8.86 Å². The standard InChI is InChI=1S/C29H49P/c1-19(30)20-11-15-26(4)17-18-28(6)21(24(20)26)9-10-23-27(5)14-8-13-25(2,3)22(27)12-16-29(23,28)7/h20-24,30H,8-18H2,1-7H3/t20-,21?,22?,23?,24?,26?,27?,28+,29?/m0/s1. The Morgan fingerprint density at radius 3 is 2.13 bits per heavy atom. The Labute approximate surface area is 190 Å². The number of fused-ring (bicyclic) bond motifs is 7. The minimum absolute atomic E-state index is 0.542. The van der Waals surface area contributed by atoms with Crippen molar-refractivity contribution in [3.63, 3.8) is 0 Å². The molecule has 5 rings (SSSR count). The zero-order valence-electron chi connectivity index (χ0n) is 21.2. The first-order valence-corrected chi connectivity index (χ1v) is 13.9. The minimum atomic E-state index is 0.542. The van der Waals surface area contributed by atoms with Crippen LogP contribution in [0.5, 0.6) is 0 Å². The van der Waals surface area contributed by atoms with Crippen LogP contribution in [0, 0.1) is 56.7 Å². The second-order valence-electron chi connectivity index (χ2n) is 14.5. The molecule has 0 aromatic carbocycles. The molecular weight excluding hydrogens is 379 g/mol. The highest BCUT2D eigenvalue weighted by Crippen LogP contribution is 2.77. The van der Waals surface area contributed by atoms with E-state index in [1.54, 1.807) is 5.29 Å². The maximum atomic E-state index is 4.04. The van der Waals surface area contributed by atoms with Gasteiger partial charge in [0.05, 0.1) is 0 Å². The van der Waals surface area contributed by atoms with Crippen molar-refractivity contribution in [3.05, 3.63) is 0 Å². The maximum absolute atomic E-state index is 4.04.